The van der Waals surface area contributed by atoms with Crippen LogP contribution in [0.15, 0.2) is 76.1 Å². The zero-order chi connectivity index (χ0) is 28.0. The van der Waals surface area contributed by atoms with Gasteiger partial charge in [0.2, 0.25) is 11.8 Å². The van der Waals surface area contributed by atoms with Gasteiger partial charge >= 0.3 is 0 Å². The number of rotatable bonds is 10. The van der Waals surface area contributed by atoms with Crippen LogP contribution in [0.3, 0.4) is 0 Å². The van der Waals surface area contributed by atoms with Gasteiger partial charge in [-0.05, 0) is 87.7 Å². The first-order valence-corrected chi connectivity index (χ1v) is 14.7. The summed E-state index contributed by atoms with van der Waals surface area (Å²) in [5.41, 5.74) is 4.04. The molecule has 38 heavy (non-hydrogen) atoms. The minimum absolute atomic E-state index is 0.0883. The van der Waals surface area contributed by atoms with Gasteiger partial charge in [-0.3, -0.25) is 13.9 Å². The van der Waals surface area contributed by atoms with Crippen molar-refractivity contribution in [2.75, 3.05) is 17.4 Å². The molecule has 0 aliphatic heterocycles. The summed E-state index contributed by atoms with van der Waals surface area (Å²) in [4.78, 5) is 28.2. The number of anilines is 1. The molecule has 0 aliphatic rings. The van der Waals surface area contributed by atoms with Gasteiger partial charge < -0.3 is 10.2 Å². The van der Waals surface area contributed by atoms with Crippen LogP contribution in [0.1, 0.15) is 36.1 Å². The third-order valence-electron chi connectivity index (χ3n) is 6.45. The molecule has 1 unspecified atom stereocenters. The Morgan fingerprint density at radius 3 is 2.13 bits per heavy atom. The second kappa shape index (κ2) is 12.6. The number of aryl methyl sites for hydroxylation is 3. The first kappa shape index (κ1) is 29.4. The lowest BCUT2D eigenvalue weighted by Crippen LogP contribution is -2.51. The van der Waals surface area contributed by atoms with Crippen molar-refractivity contribution in [2.45, 2.75) is 52.1 Å². The van der Waals surface area contributed by atoms with Crippen molar-refractivity contribution < 1.29 is 18.0 Å². The fraction of sp³-hybridized carbons (Fsp3) is 0.310. The molecule has 9 heteroatoms. The molecule has 3 aromatic carbocycles. The van der Waals surface area contributed by atoms with E-state index in [1.54, 1.807) is 50.2 Å². The second-order valence-electron chi connectivity index (χ2n) is 9.31. The highest BCUT2D eigenvalue weighted by atomic mass is 79.9. The van der Waals surface area contributed by atoms with E-state index in [2.05, 4.69) is 21.2 Å². The molecule has 0 fully saturated rings. The maximum atomic E-state index is 13.9. The third-order valence-corrected chi connectivity index (χ3v) is 8.77. The number of carbonyl (C=O) groups is 2. The number of halogens is 1. The van der Waals surface area contributed by atoms with Gasteiger partial charge in [-0.1, -0.05) is 51.8 Å². The van der Waals surface area contributed by atoms with Crippen LogP contribution in [0.25, 0.3) is 0 Å². The molecular formula is C29H34BrN3O4S. The molecule has 0 bridgehead atoms. The smallest absolute Gasteiger partial charge is 0.264 e. The van der Waals surface area contributed by atoms with E-state index in [4.69, 9.17) is 0 Å². The van der Waals surface area contributed by atoms with Crippen molar-refractivity contribution in [3.05, 3.63) is 93.5 Å². The average molecular weight is 601 g/mol. The third kappa shape index (κ3) is 7.02. The van der Waals surface area contributed by atoms with Crippen LogP contribution >= 0.6 is 15.9 Å². The van der Waals surface area contributed by atoms with Crippen LogP contribution < -0.4 is 9.62 Å². The Hall–Kier alpha value is -3.17. The summed E-state index contributed by atoms with van der Waals surface area (Å²) in [5, 5.41) is 2.76. The highest BCUT2D eigenvalue weighted by Gasteiger charge is 2.32. The van der Waals surface area contributed by atoms with Crippen molar-refractivity contribution in [2.24, 2.45) is 0 Å². The summed E-state index contributed by atoms with van der Waals surface area (Å²) in [6.45, 7) is 9.28. The second-order valence-corrected chi connectivity index (χ2v) is 12.1. The number of likely N-dealkylation sites (N-methyl/N-ethyl adjacent to an activating group) is 1. The molecule has 0 heterocycles. The number of carbonyl (C=O) groups excluding carboxylic acids is 2. The minimum Gasteiger partial charge on any atom is -0.355 e. The minimum atomic E-state index is -4.08. The molecule has 202 valence electrons. The molecule has 3 aromatic rings. The summed E-state index contributed by atoms with van der Waals surface area (Å²) < 4.78 is 29.8. The number of nitrogens with zero attached hydrogens (tertiary/aromatic N) is 2. The fourth-order valence-electron chi connectivity index (χ4n) is 3.94. The molecule has 1 N–H and O–H groups in total. The quantitative estimate of drug-likeness (QED) is 0.350. The van der Waals surface area contributed by atoms with Gasteiger partial charge in [-0.15, -0.1) is 0 Å². The molecule has 0 spiro atoms. The van der Waals surface area contributed by atoms with E-state index < -0.39 is 28.5 Å². The summed E-state index contributed by atoms with van der Waals surface area (Å²) in [6.07, 6.45) is 0. The lowest BCUT2D eigenvalue weighted by molar-refractivity contribution is -0.139. The SMILES string of the molecule is CCNC(=O)C(C)N(Cc1ccc(Br)cc1)C(=O)CN(c1ccc(C)c(C)c1)S(=O)(=O)c1ccc(C)cc1. The van der Waals surface area contributed by atoms with Crippen LogP contribution in [0.5, 0.6) is 0 Å². The summed E-state index contributed by atoms with van der Waals surface area (Å²) >= 11 is 3.41. The lowest BCUT2D eigenvalue weighted by atomic mass is 10.1. The van der Waals surface area contributed by atoms with E-state index in [1.807, 2.05) is 51.1 Å². The van der Waals surface area contributed by atoms with E-state index in [0.717, 1.165) is 31.0 Å². The highest BCUT2D eigenvalue weighted by Crippen LogP contribution is 2.27. The van der Waals surface area contributed by atoms with E-state index in [-0.39, 0.29) is 17.3 Å². The van der Waals surface area contributed by atoms with Crippen molar-refractivity contribution in [1.29, 1.82) is 0 Å². The topological polar surface area (TPSA) is 86.8 Å². The number of nitrogens with one attached hydrogen (secondary N) is 1. The number of hydrogen-bond acceptors (Lipinski definition) is 4. The number of sulfonamides is 1. The molecule has 7 nitrogen and oxygen atoms in total. The van der Waals surface area contributed by atoms with Crippen molar-refractivity contribution in [3.8, 4) is 0 Å². The monoisotopic (exact) mass is 599 g/mol. The van der Waals surface area contributed by atoms with Crippen LogP contribution in [0.2, 0.25) is 0 Å². The zero-order valence-electron chi connectivity index (χ0n) is 22.4. The Kier molecular flexibility index (Phi) is 9.73. The molecule has 0 saturated heterocycles. The summed E-state index contributed by atoms with van der Waals surface area (Å²) in [5.74, 6) is -0.794. The maximum absolute atomic E-state index is 13.9. The van der Waals surface area contributed by atoms with E-state index in [9.17, 15) is 18.0 Å². The largest absolute Gasteiger partial charge is 0.355 e. The first-order chi connectivity index (χ1) is 17.9. The predicted octanol–water partition coefficient (Wildman–Crippen LogP) is 5.12. The van der Waals surface area contributed by atoms with Crippen LogP contribution in [-0.4, -0.2) is 44.3 Å². The predicted molar refractivity (Wildman–Crippen MR) is 154 cm³/mol. The molecule has 0 radical (unpaired) electrons. The van der Waals surface area contributed by atoms with Gasteiger partial charge in [-0.2, -0.15) is 0 Å². The molecule has 3 rings (SSSR count). The normalized spacial score (nSPS) is 12.1. The van der Waals surface area contributed by atoms with Crippen LogP contribution in [-0.2, 0) is 26.2 Å². The fourth-order valence-corrected chi connectivity index (χ4v) is 5.61. The molecular weight excluding hydrogens is 566 g/mol. The average Bonchev–Trinajstić information content (AvgIpc) is 2.88. The van der Waals surface area contributed by atoms with Crippen LogP contribution in [0, 0.1) is 20.8 Å². The van der Waals surface area contributed by atoms with Gasteiger partial charge in [-0.25, -0.2) is 8.42 Å². The Balaban J connectivity index is 2.05. The van der Waals surface area contributed by atoms with Gasteiger partial charge in [0.15, 0.2) is 0 Å². The number of benzene rings is 3. The van der Waals surface area contributed by atoms with Gasteiger partial charge in [0.25, 0.3) is 10.0 Å². The molecule has 2 amide bonds. The molecule has 0 saturated carbocycles. The Labute approximate surface area is 234 Å². The van der Waals surface area contributed by atoms with Gasteiger partial charge in [0.1, 0.15) is 12.6 Å². The first-order valence-electron chi connectivity index (χ1n) is 12.4. The van der Waals surface area contributed by atoms with Crippen LogP contribution in [0.4, 0.5) is 5.69 Å². The number of hydrogen-bond donors (Lipinski definition) is 1. The van der Waals surface area contributed by atoms with E-state index >= 15 is 0 Å². The van der Waals surface area contributed by atoms with E-state index in [1.165, 1.54) is 4.90 Å². The standard InChI is InChI=1S/C29H34BrN3O4S/c1-6-31-29(35)23(5)32(18-24-10-12-25(30)13-11-24)28(34)19-33(26-14-9-21(3)22(4)17-26)38(36,37)27-15-7-20(2)8-16-27/h7-17,23H,6,18-19H2,1-5H3,(H,31,35). The molecule has 0 aliphatic carbocycles. The molecule has 1 atom stereocenters. The van der Waals surface area contributed by atoms with Gasteiger partial charge in [0.05, 0.1) is 10.6 Å². The summed E-state index contributed by atoms with van der Waals surface area (Å²) in [6, 6.07) is 18.5. The van der Waals surface area contributed by atoms with Crippen molar-refractivity contribution >= 4 is 43.5 Å². The Morgan fingerprint density at radius 2 is 1.55 bits per heavy atom. The van der Waals surface area contributed by atoms with Crippen molar-refractivity contribution in [1.82, 2.24) is 10.2 Å². The Morgan fingerprint density at radius 1 is 0.921 bits per heavy atom. The van der Waals surface area contributed by atoms with Crippen molar-refractivity contribution in [3.63, 3.8) is 0 Å². The zero-order valence-corrected chi connectivity index (χ0v) is 24.8. The lowest BCUT2D eigenvalue weighted by Gasteiger charge is -2.32. The summed E-state index contributed by atoms with van der Waals surface area (Å²) in [7, 11) is -4.08. The highest BCUT2D eigenvalue weighted by molar-refractivity contribution is 9.10. The Bertz CT molecular complexity index is 1390. The van der Waals surface area contributed by atoms with Gasteiger partial charge in [0, 0.05) is 17.6 Å². The van der Waals surface area contributed by atoms with E-state index in [0.29, 0.717) is 12.2 Å². The molecule has 0 aromatic heterocycles. The maximum Gasteiger partial charge on any atom is 0.264 e. The number of amides is 2.